The lowest BCUT2D eigenvalue weighted by atomic mass is 9.96. The van der Waals surface area contributed by atoms with Crippen LogP contribution in [0, 0.1) is 18.7 Å². The van der Waals surface area contributed by atoms with Crippen LogP contribution in [-0.2, 0) is 14.3 Å². The molecule has 160 valence electrons. The zero-order valence-corrected chi connectivity index (χ0v) is 18.1. The first-order valence-electron chi connectivity index (χ1n) is 10.4. The quantitative estimate of drug-likeness (QED) is 0.704. The first-order chi connectivity index (χ1) is 14.3. The molecule has 1 amide bonds. The van der Waals surface area contributed by atoms with Crippen molar-refractivity contribution < 1.29 is 13.4 Å². The van der Waals surface area contributed by atoms with Gasteiger partial charge in [0.2, 0.25) is 5.91 Å². The van der Waals surface area contributed by atoms with Crippen molar-refractivity contribution in [1.82, 2.24) is 9.88 Å². The molecule has 4 rings (SSSR count). The Bertz CT molecular complexity index is 1010. The number of aromatic nitrogens is 1. The molecule has 2 saturated heterocycles. The fourth-order valence-corrected chi connectivity index (χ4v) is 6.00. The van der Waals surface area contributed by atoms with E-state index in [1.807, 2.05) is 36.2 Å². The summed E-state index contributed by atoms with van der Waals surface area (Å²) in [5.41, 5.74) is 2.75. The molecule has 2 aromatic rings. The van der Waals surface area contributed by atoms with Crippen LogP contribution in [-0.4, -0.2) is 57.0 Å². The Kier molecular flexibility index (Phi) is 5.82. The van der Waals surface area contributed by atoms with Gasteiger partial charge in [0.25, 0.3) is 0 Å². The van der Waals surface area contributed by atoms with Gasteiger partial charge in [-0.05, 0) is 65.0 Å². The number of halogens is 1. The van der Waals surface area contributed by atoms with E-state index in [9.17, 15) is 13.4 Å². The lowest BCUT2D eigenvalue weighted by molar-refractivity contribution is -0.138. The van der Waals surface area contributed by atoms with E-state index in [1.165, 1.54) is 12.1 Å². The summed E-state index contributed by atoms with van der Waals surface area (Å²) in [4.78, 5) is 21.9. The minimum absolute atomic E-state index is 0.0841. The van der Waals surface area contributed by atoms with Crippen LogP contribution in [0.4, 0.5) is 10.1 Å². The summed E-state index contributed by atoms with van der Waals surface area (Å²) in [6.45, 7) is 3.79. The Hall–Kier alpha value is -2.41. The standard InChI is InChI=1S/C23H28FN3O2S/c1-17-6-7-21(15-25-17)26-10-11-27(22(16-26)19-4-3-5-20(24)14-19)23(28)18-8-12-30(2,29)13-9-18/h3-7,14-15,18,22H,2,8-13,16H2,1H3. The molecular formula is C23H28FN3O2S. The summed E-state index contributed by atoms with van der Waals surface area (Å²) >= 11 is 0. The molecule has 3 heterocycles. The smallest absolute Gasteiger partial charge is 0.226 e. The zero-order valence-electron chi connectivity index (χ0n) is 17.3. The summed E-state index contributed by atoms with van der Waals surface area (Å²) < 4.78 is 26.2. The van der Waals surface area contributed by atoms with E-state index in [2.05, 4.69) is 15.8 Å². The van der Waals surface area contributed by atoms with Gasteiger partial charge in [-0.25, -0.2) is 4.39 Å². The molecule has 0 spiro atoms. The van der Waals surface area contributed by atoms with Crippen LogP contribution in [0.25, 0.3) is 0 Å². The molecule has 2 aliphatic heterocycles. The molecular weight excluding hydrogens is 401 g/mol. The Morgan fingerprint density at radius 3 is 2.63 bits per heavy atom. The summed E-state index contributed by atoms with van der Waals surface area (Å²) in [5, 5.41) is 0. The van der Waals surface area contributed by atoms with Crippen molar-refractivity contribution in [1.29, 1.82) is 0 Å². The third kappa shape index (κ3) is 4.51. The summed E-state index contributed by atoms with van der Waals surface area (Å²) in [6.07, 6.45) is 3.07. The van der Waals surface area contributed by atoms with Crippen LogP contribution in [0.2, 0.25) is 0 Å². The van der Waals surface area contributed by atoms with Crippen molar-refractivity contribution in [3.63, 3.8) is 0 Å². The molecule has 7 heteroatoms. The molecule has 0 aliphatic carbocycles. The Balaban J connectivity index is 1.59. The topological polar surface area (TPSA) is 53.5 Å². The minimum atomic E-state index is -2.04. The van der Waals surface area contributed by atoms with Crippen molar-refractivity contribution in [2.24, 2.45) is 5.92 Å². The van der Waals surface area contributed by atoms with Crippen LogP contribution in [0.15, 0.2) is 42.6 Å². The second-order valence-electron chi connectivity index (χ2n) is 8.35. The number of rotatable bonds is 3. The monoisotopic (exact) mass is 429 g/mol. The van der Waals surface area contributed by atoms with Crippen molar-refractivity contribution in [3.05, 3.63) is 59.7 Å². The van der Waals surface area contributed by atoms with Gasteiger partial charge in [-0.15, -0.1) is 0 Å². The summed E-state index contributed by atoms with van der Waals surface area (Å²) in [7, 11) is -2.04. The third-order valence-corrected chi connectivity index (χ3v) is 8.14. The van der Waals surface area contributed by atoms with Crippen molar-refractivity contribution in [2.45, 2.75) is 25.8 Å². The molecule has 1 aromatic carbocycles. The highest BCUT2D eigenvalue weighted by molar-refractivity contribution is 8.00. The number of piperazine rings is 1. The van der Waals surface area contributed by atoms with Gasteiger partial charge in [0.15, 0.2) is 0 Å². The Morgan fingerprint density at radius 1 is 1.20 bits per heavy atom. The number of pyridine rings is 1. The van der Waals surface area contributed by atoms with Gasteiger partial charge < -0.3 is 9.80 Å². The molecule has 1 aromatic heterocycles. The fraction of sp³-hybridized carbons (Fsp3) is 0.435. The van der Waals surface area contributed by atoms with E-state index in [4.69, 9.17) is 0 Å². The summed E-state index contributed by atoms with van der Waals surface area (Å²) in [5.74, 6) is 4.46. The number of hydrogen-bond acceptors (Lipinski definition) is 4. The second kappa shape index (κ2) is 8.38. The fourth-order valence-electron chi connectivity index (χ4n) is 4.37. The van der Waals surface area contributed by atoms with Crippen LogP contribution >= 0.6 is 0 Å². The number of anilines is 1. The van der Waals surface area contributed by atoms with Crippen LogP contribution in [0.1, 0.15) is 30.1 Å². The average molecular weight is 430 g/mol. The van der Waals surface area contributed by atoms with Crippen molar-refractivity contribution >= 4 is 27.0 Å². The molecule has 2 fully saturated rings. The van der Waals surface area contributed by atoms with E-state index in [0.29, 0.717) is 44.0 Å². The normalized spacial score (nSPS) is 27.1. The number of benzene rings is 1. The van der Waals surface area contributed by atoms with Crippen molar-refractivity contribution in [2.75, 3.05) is 36.0 Å². The van der Waals surface area contributed by atoms with E-state index in [1.54, 1.807) is 6.07 Å². The SMILES string of the molecule is C=S1(=O)CCC(C(=O)N2CCN(c3ccc(C)nc3)CC2c2cccc(F)c2)CC1. The zero-order chi connectivity index (χ0) is 21.3. The lowest BCUT2D eigenvalue weighted by Gasteiger charge is -2.44. The third-order valence-electron chi connectivity index (χ3n) is 6.18. The lowest BCUT2D eigenvalue weighted by Crippen LogP contribution is -2.53. The van der Waals surface area contributed by atoms with Gasteiger partial charge in [0.1, 0.15) is 5.82 Å². The van der Waals surface area contributed by atoms with E-state index in [-0.39, 0.29) is 23.7 Å². The molecule has 30 heavy (non-hydrogen) atoms. The highest BCUT2D eigenvalue weighted by Gasteiger charge is 2.36. The number of aryl methyl sites for hydroxylation is 1. The van der Waals surface area contributed by atoms with Gasteiger partial charge in [0, 0.05) is 42.8 Å². The van der Waals surface area contributed by atoms with Gasteiger partial charge in [0.05, 0.1) is 17.9 Å². The predicted octanol–water partition coefficient (Wildman–Crippen LogP) is 3.05. The second-order valence-corrected chi connectivity index (χ2v) is 11.1. The van der Waals surface area contributed by atoms with Crippen LogP contribution < -0.4 is 4.90 Å². The van der Waals surface area contributed by atoms with Gasteiger partial charge in [-0.3, -0.25) is 14.0 Å². The molecule has 0 N–H and O–H groups in total. The van der Waals surface area contributed by atoms with Crippen LogP contribution in [0.5, 0.6) is 0 Å². The van der Waals surface area contributed by atoms with E-state index in [0.717, 1.165) is 16.9 Å². The number of carbonyl (C=O) groups excluding carboxylic acids is 1. The van der Waals surface area contributed by atoms with Gasteiger partial charge in [-0.1, -0.05) is 12.1 Å². The van der Waals surface area contributed by atoms with E-state index < -0.39 is 9.52 Å². The number of nitrogens with zero attached hydrogens (tertiary/aromatic N) is 3. The molecule has 0 bridgehead atoms. The minimum Gasteiger partial charge on any atom is -0.366 e. The van der Waals surface area contributed by atoms with Crippen molar-refractivity contribution in [3.8, 4) is 0 Å². The Labute approximate surface area is 177 Å². The molecule has 1 atom stereocenters. The Morgan fingerprint density at radius 2 is 1.97 bits per heavy atom. The summed E-state index contributed by atoms with van der Waals surface area (Å²) in [6, 6.07) is 10.3. The highest BCUT2D eigenvalue weighted by Crippen LogP contribution is 2.32. The molecule has 5 nitrogen and oxygen atoms in total. The number of carbonyl (C=O) groups is 1. The molecule has 2 aliphatic rings. The maximum Gasteiger partial charge on any atom is 0.226 e. The van der Waals surface area contributed by atoms with Gasteiger partial charge in [-0.2, -0.15) is 0 Å². The first kappa shape index (κ1) is 20.8. The number of hydrogen-bond donors (Lipinski definition) is 0. The predicted molar refractivity (Wildman–Crippen MR) is 120 cm³/mol. The molecule has 0 radical (unpaired) electrons. The van der Waals surface area contributed by atoms with Crippen LogP contribution in [0.3, 0.4) is 0 Å². The highest BCUT2D eigenvalue weighted by atomic mass is 32.2. The molecule has 1 unspecified atom stereocenters. The number of amides is 1. The maximum absolute atomic E-state index is 14.0. The largest absolute Gasteiger partial charge is 0.366 e. The van der Waals surface area contributed by atoms with Gasteiger partial charge >= 0.3 is 0 Å². The molecule has 0 saturated carbocycles. The van der Waals surface area contributed by atoms with E-state index >= 15 is 0 Å². The first-order valence-corrected chi connectivity index (χ1v) is 12.4. The maximum atomic E-state index is 14.0. The average Bonchev–Trinajstić information content (AvgIpc) is 2.73.